The van der Waals surface area contributed by atoms with Crippen LogP contribution in [0.1, 0.15) is 26.3 Å². The molecule has 0 atom stereocenters. The van der Waals surface area contributed by atoms with Crippen LogP contribution < -0.4 is 4.90 Å². The molecule has 58 heavy (non-hydrogen) atoms. The molecule has 7 heteroatoms. The Labute approximate surface area is 330 Å². The van der Waals surface area contributed by atoms with E-state index in [9.17, 15) is 14.9 Å². The van der Waals surface area contributed by atoms with Gasteiger partial charge in [0.25, 0.3) is 11.8 Å². The minimum Gasteiger partial charge on any atom is -0.456 e. The Balaban J connectivity index is 1.01. The molecule has 3 aromatic heterocycles. The number of amides is 2. The van der Waals surface area contributed by atoms with Crippen molar-refractivity contribution in [3.63, 3.8) is 0 Å². The van der Waals surface area contributed by atoms with Crippen molar-refractivity contribution in [1.82, 2.24) is 9.13 Å². The highest BCUT2D eigenvalue weighted by molar-refractivity contribution is 6.34. The number of imide groups is 1. The van der Waals surface area contributed by atoms with Gasteiger partial charge in [-0.15, -0.1) is 0 Å². The highest BCUT2D eigenvalue weighted by atomic mass is 16.3. The number of nitrogens with zero attached hydrogens (tertiary/aromatic N) is 4. The topological polar surface area (TPSA) is 84.2 Å². The lowest BCUT2D eigenvalue weighted by Crippen LogP contribution is -2.29. The molecule has 270 valence electrons. The summed E-state index contributed by atoms with van der Waals surface area (Å²) in [5.41, 5.74) is 11.2. The predicted molar refractivity (Wildman–Crippen MR) is 230 cm³/mol. The summed E-state index contributed by atoms with van der Waals surface area (Å²) < 4.78 is 10.5. The zero-order chi connectivity index (χ0) is 38.6. The summed E-state index contributed by atoms with van der Waals surface area (Å²) in [6.45, 7) is 0. The Kier molecular flexibility index (Phi) is 6.58. The number of carbonyl (C=O) groups excluding carboxylic acids is 2. The second-order valence-corrected chi connectivity index (χ2v) is 14.8. The van der Waals surface area contributed by atoms with Gasteiger partial charge >= 0.3 is 0 Å². The maximum absolute atomic E-state index is 13.5. The molecule has 0 aliphatic carbocycles. The summed E-state index contributed by atoms with van der Waals surface area (Å²) >= 11 is 0. The van der Waals surface area contributed by atoms with E-state index in [1.54, 1.807) is 42.5 Å². The molecule has 0 bridgehead atoms. The van der Waals surface area contributed by atoms with E-state index < -0.39 is 0 Å². The van der Waals surface area contributed by atoms with Gasteiger partial charge in [0.15, 0.2) is 0 Å². The summed E-state index contributed by atoms with van der Waals surface area (Å²) in [4.78, 5) is 28.2. The number of benzene rings is 8. The van der Waals surface area contributed by atoms with Crippen molar-refractivity contribution in [1.29, 1.82) is 5.26 Å². The maximum atomic E-state index is 13.5. The molecule has 0 radical (unpaired) electrons. The van der Waals surface area contributed by atoms with Crippen LogP contribution in [0.5, 0.6) is 0 Å². The molecular weight excluding hydrogens is 717 g/mol. The van der Waals surface area contributed by atoms with Gasteiger partial charge in [-0.25, -0.2) is 4.90 Å². The van der Waals surface area contributed by atoms with Crippen molar-refractivity contribution < 1.29 is 14.0 Å². The summed E-state index contributed by atoms with van der Waals surface area (Å²) in [5, 5.41) is 16.9. The quantitative estimate of drug-likeness (QED) is 0.168. The van der Waals surface area contributed by atoms with E-state index in [1.807, 2.05) is 36.4 Å². The lowest BCUT2D eigenvalue weighted by atomic mass is 10.0. The van der Waals surface area contributed by atoms with E-state index in [0.29, 0.717) is 28.1 Å². The van der Waals surface area contributed by atoms with E-state index in [2.05, 4.69) is 106 Å². The summed E-state index contributed by atoms with van der Waals surface area (Å²) in [6, 6.07) is 58.7. The van der Waals surface area contributed by atoms with Gasteiger partial charge in [0.2, 0.25) is 0 Å². The second kappa shape index (κ2) is 11.9. The van der Waals surface area contributed by atoms with Crippen molar-refractivity contribution in [2.45, 2.75) is 0 Å². The fraction of sp³-hybridized carbons (Fsp3) is 0. The Hall–Kier alpha value is -8.21. The van der Waals surface area contributed by atoms with E-state index in [-0.39, 0.29) is 11.8 Å². The molecule has 7 nitrogen and oxygen atoms in total. The van der Waals surface area contributed by atoms with Crippen LogP contribution in [-0.2, 0) is 0 Å². The maximum Gasteiger partial charge on any atom is 0.266 e. The van der Waals surface area contributed by atoms with E-state index in [4.69, 9.17) is 4.42 Å². The average Bonchev–Trinajstić information content (AvgIpc) is 3.99. The molecule has 1 aliphatic heterocycles. The summed E-state index contributed by atoms with van der Waals surface area (Å²) in [7, 11) is 0. The lowest BCUT2D eigenvalue weighted by molar-refractivity contribution is 0.0926. The first-order valence-electron chi connectivity index (χ1n) is 19.1. The fourth-order valence-electron chi connectivity index (χ4n) is 9.06. The van der Waals surface area contributed by atoms with Crippen LogP contribution in [0.25, 0.3) is 88.1 Å². The monoisotopic (exact) mass is 744 g/mol. The molecule has 4 heterocycles. The van der Waals surface area contributed by atoms with Crippen LogP contribution in [0, 0.1) is 11.3 Å². The van der Waals surface area contributed by atoms with Gasteiger partial charge in [0.1, 0.15) is 17.2 Å². The highest BCUT2D eigenvalue weighted by Crippen LogP contribution is 2.40. The van der Waals surface area contributed by atoms with Crippen molar-refractivity contribution >= 4 is 83.1 Å². The van der Waals surface area contributed by atoms with Crippen LogP contribution in [-0.4, -0.2) is 20.9 Å². The van der Waals surface area contributed by atoms with Gasteiger partial charge in [0.05, 0.1) is 50.1 Å². The first-order valence-corrected chi connectivity index (χ1v) is 19.1. The SMILES string of the molecule is N#Cc1ccc(N2C(=O)c3ccccc3C2=O)cc1-n1c2ccccc2c2cc(-c3ccc4c(c3)c3ccccc3n4-c3ccc4oc5ccccc5c4c3)ccc21. The number of anilines is 1. The standard InChI is InChI=1S/C51H28N4O3/c52-29-32-17-20-34(54-50(56)38-12-1-2-13-39(38)51(54)57)28-47(32)55-44-15-7-4-10-36(44)41-26-31(19-23-46(41)55)30-18-22-45-40(25-30)35-9-3-6-14-43(35)53(45)33-21-24-49-42(27-33)37-11-5-8-16-48(37)58-49/h1-28H. The molecular formula is C51H28N4O3. The zero-order valence-corrected chi connectivity index (χ0v) is 30.7. The normalized spacial score (nSPS) is 12.8. The number of hydrogen-bond donors (Lipinski definition) is 0. The first kappa shape index (κ1) is 32.1. The molecule has 1 aliphatic rings. The molecule has 0 saturated heterocycles. The molecule has 0 spiro atoms. The van der Waals surface area contributed by atoms with Crippen LogP contribution in [0.4, 0.5) is 5.69 Å². The van der Waals surface area contributed by atoms with E-state index in [0.717, 1.165) is 82.4 Å². The van der Waals surface area contributed by atoms with Crippen LogP contribution in [0.3, 0.4) is 0 Å². The van der Waals surface area contributed by atoms with Gasteiger partial charge in [-0.2, -0.15) is 5.26 Å². The number of para-hydroxylation sites is 3. The van der Waals surface area contributed by atoms with Crippen LogP contribution >= 0.6 is 0 Å². The summed E-state index contributed by atoms with van der Waals surface area (Å²) in [5.74, 6) is -0.758. The minimum atomic E-state index is -0.379. The summed E-state index contributed by atoms with van der Waals surface area (Å²) in [6.07, 6.45) is 0. The number of aromatic nitrogens is 2. The third-order valence-corrected chi connectivity index (χ3v) is 11.7. The third kappa shape index (κ3) is 4.42. The molecule has 12 rings (SSSR count). The zero-order valence-electron chi connectivity index (χ0n) is 30.7. The third-order valence-electron chi connectivity index (χ3n) is 11.7. The van der Waals surface area contributed by atoms with Gasteiger partial charge in [0, 0.05) is 38.0 Å². The van der Waals surface area contributed by atoms with Crippen molar-refractivity contribution in [3.05, 3.63) is 187 Å². The fourth-order valence-corrected chi connectivity index (χ4v) is 9.06. The number of furan rings is 1. The molecule has 11 aromatic rings. The number of nitriles is 1. The molecule has 0 saturated carbocycles. The molecule has 2 amide bonds. The van der Waals surface area contributed by atoms with Crippen molar-refractivity contribution in [2.24, 2.45) is 0 Å². The Morgan fingerprint density at radius 3 is 1.64 bits per heavy atom. The molecule has 8 aromatic carbocycles. The van der Waals surface area contributed by atoms with Gasteiger partial charge in [-0.1, -0.05) is 78.9 Å². The van der Waals surface area contributed by atoms with Crippen LogP contribution in [0.15, 0.2) is 174 Å². The Bertz CT molecular complexity index is 3620. The molecule has 0 unspecified atom stereocenters. The van der Waals surface area contributed by atoms with Crippen molar-refractivity contribution in [3.8, 4) is 28.6 Å². The number of hydrogen-bond acceptors (Lipinski definition) is 4. The van der Waals surface area contributed by atoms with Crippen molar-refractivity contribution in [2.75, 3.05) is 4.90 Å². The predicted octanol–water partition coefficient (Wildman–Crippen LogP) is 12.1. The number of carbonyl (C=O) groups is 2. The Morgan fingerprint density at radius 1 is 0.431 bits per heavy atom. The largest absolute Gasteiger partial charge is 0.456 e. The molecule has 0 N–H and O–H groups in total. The average molecular weight is 745 g/mol. The number of rotatable bonds is 4. The first-order chi connectivity index (χ1) is 28.6. The minimum absolute atomic E-state index is 0.370. The van der Waals surface area contributed by atoms with Gasteiger partial charge < -0.3 is 13.6 Å². The van der Waals surface area contributed by atoms with E-state index in [1.165, 1.54) is 4.90 Å². The highest BCUT2D eigenvalue weighted by Gasteiger charge is 2.36. The smallest absolute Gasteiger partial charge is 0.266 e. The van der Waals surface area contributed by atoms with E-state index >= 15 is 0 Å². The molecule has 0 fully saturated rings. The number of fused-ring (bicyclic) bond motifs is 10. The van der Waals surface area contributed by atoms with Crippen LogP contribution in [0.2, 0.25) is 0 Å². The Morgan fingerprint density at radius 2 is 0.966 bits per heavy atom. The van der Waals surface area contributed by atoms with Gasteiger partial charge in [-0.05, 0) is 102 Å². The second-order valence-electron chi connectivity index (χ2n) is 14.8. The lowest BCUT2D eigenvalue weighted by Gasteiger charge is -2.17. The van der Waals surface area contributed by atoms with Gasteiger partial charge in [-0.3, -0.25) is 9.59 Å².